The van der Waals surface area contributed by atoms with Gasteiger partial charge in [0.25, 0.3) is 5.91 Å². The van der Waals surface area contributed by atoms with E-state index in [9.17, 15) is 4.79 Å². The number of imidazole rings is 1. The second-order valence-corrected chi connectivity index (χ2v) is 7.48. The van der Waals surface area contributed by atoms with Gasteiger partial charge < -0.3 is 9.72 Å². The Hall–Kier alpha value is -4.19. The Labute approximate surface area is 179 Å². The molecular weight excluding hydrogens is 386 g/mol. The zero-order valence-corrected chi connectivity index (χ0v) is 17.3. The first kappa shape index (κ1) is 18.8. The van der Waals surface area contributed by atoms with Crippen LogP contribution in [0.3, 0.4) is 0 Å². The number of anilines is 1. The summed E-state index contributed by atoms with van der Waals surface area (Å²) in [6.45, 7) is 1.97. The summed E-state index contributed by atoms with van der Waals surface area (Å²) < 4.78 is 3.59. The number of rotatable bonds is 4. The maximum Gasteiger partial charge on any atom is 0.273 e. The highest BCUT2D eigenvalue weighted by Crippen LogP contribution is 2.26. The van der Waals surface area contributed by atoms with Crippen molar-refractivity contribution in [2.24, 2.45) is 7.05 Å². The molecule has 0 aliphatic carbocycles. The van der Waals surface area contributed by atoms with E-state index >= 15 is 0 Å². The lowest BCUT2D eigenvalue weighted by molar-refractivity contribution is 0.101. The molecule has 0 radical (unpaired) electrons. The molecule has 3 heterocycles. The average molecular weight is 407 g/mol. The normalized spacial score (nSPS) is 11.0. The fourth-order valence-electron chi connectivity index (χ4n) is 3.61. The molecule has 0 saturated carbocycles. The van der Waals surface area contributed by atoms with E-state index < -0.39 is 0 Å². The molecule has 0 fully saturated rings. The third-order valence-electron chi connectivity index (χ3n) is 5.33. The quantitative estimate of drug-likeness (QED) is 0.458. The van der Waals surface area contributed by atoms with Crippen molar-refractivity contribution < 1.29 is 4.79 Å². The van der Waals surface area contributed by atoms with Gasteiger partial charge in [0.1, 0.15) is 11.3 Å². The Balaban J connectivity index is 1.44. The molecule has 5 aromatic rings. The Kier molecular flexibility index (Phi) is 4.59. The lowest BCUT2D eigenvalue weighted by atomic mass is 10.1. The van der Waals surface area contributed by atoms with Gasteiger partial charge in [-0.05, 0) is 36.8 Å². The minimum atomic E-state index is -0.201. The zero-order chi connectivity index (χ0) is 21.4. The number of amides is 1. The Morgan fingerprint density at radius 3 is 2.52 bits per heavy atom. The molecule has 3 aromatic heterocycles. The molecule has 1 amide bonds. The monoisotopic (exact) mass is 407 g/mol. The number of hydrogen-bond acceptors (Lipinski definition) is 3. The Morgan fingerprint density at radius 2 is 1.71 bits per heavy atom. The molecule has 0 unspecified atom stereocenters. The van der Waals surface area contributed by atoms with Crippen molar-refractivity contribution in [3.8, 4) is 22.5 Å². The fraction of sp³-hybridized carbons (Fsp3) is 0.0800. The maximum absolute atomic E-state index is 13.0. The molecule has 6 nitrogen and oxygen atoms in total. The van der Waals surface area contributed by atoms with Crippen LogP contribution in [0.1, 0.15) is 16.1 Å². The Morgan fingerprint density at radius 1 is 0.903 bits per heavy atom. The first-order valence-electron chi connectivity index (χ1n) is 10.0. The molecule has 5 rings (SSSR count). The molecule has 0 spiro atoms. The molecule has 0 saturated heterocycles. The van der Waals surface area contributed by atoms with Gasteiger partial charge in [0.05, 0.1) is 11.4 Å². The topological polar surface area (TPSA) is 64.2 Å². The number of carbonyl (C=O) groups is 1. The number of fused-ring (bicyclic) bond motifs is 1. The zero-order valence-electron chi connectivity index (χ0n) is 17.3. The van der Waals surface area contributed by atoms with E-state index in [0.717, 1.165) is 39.4 Å². The molecule has 2 aromatic carbocycles. The van der Waals surface area contributed by atoms with Gasteiger partial charge in [-0.15, -0.1) is 0 Å². The van der Waals surface area contributed by atoms with Gasteiger partial charge in [-0.25, -0.2) is 4.98 Å². The first-order chi connectivity index (χ1) is 15.1. The van der Waals surface area contributed by atoms with Crippen molar-refractivity contribution in [1.82, 2.24) is 19.2 Å². The van der Waals surface area contributed by atoms with Crippen LogP contribution in [0.5, 0.6) is 0 Å². The van der Waals surface area contributed by atoms with Gasteiger partial charge >= 0.3 is 0 Å². The number of aryl methyl sites for hydroxylation is 2. The highest BCUT2D eigenvalue weighted by atomic mass is 16.2. The lowest BCUT2D eigenvalue weighted by Gasteiger charge is -2.10. The van der Waals surface area contributed by atoms with Crippen LogP contribution >= 0.6 is 0 Å². The predicted octanol–water partition coefficient (Wildman–Crippen LogP) is 4.96. The maximum atomic E-state index is 13.0. The SMILES string of the molecule is Cc1ccc(-c2cn3ccccc3n2)cc1NC(=O)c1cc(-c2ccccc2)nn1C. The molecule has 0 bridgehead atoms. The van der Waals surface area contributed by atoms with Crippen LogP contribution in [0, 0.1) is 6.92 Å². The fourth-order valence-corrected chi connectivity index (χ4v) is 3.61. The third kappa shape index (κ3) is 3.59. The molecule has 0 atom stereocenters. The van der Waals surface area contributed by atoms with E-state index in [1.807, 2.05) is 96.5 Å². The number of pyridine rings is 1. The molecule has 31 heavy (non-hydrogen) atoms. The van der Waals surface area contributed by atoms with Crippen molar-refractivity contribution in [2.75, 3.05) is 5.32 Å². The van der Waals surface area contributed by atoms with Crippen molar-refractivity contribution in [3.05, 3.63) is 96.4 Å². The van der Waals surface area contributed by atoms with E-state index in [4.69, 9.17) is 0 Å². The minimum Gasteiger partial charge on any atom is -0.320 e. The third-order valence-corrected chi connectivity index (χ3v) is 5.33. The molecule has 0 aliphatic heterocycles. The van der Waals surface area contributed by atoms with E-state index in [-0.39, 0.29) is 5.91 Å². The van der Waals surface area contributed by atoms with Gasteiger partial charge in [-0.3, -0.25) is 9.48 Å². The van der Waals surface area contributed by atoms with Crippen molar-refractivity contribution in [1.29, 1.82) is 0 Å². The molecular formula is C25H21N5O. The number of benzene rings is 2. The van der Waals surface area contributed by atoms with E-state index in [2.05, 4.69) is 15.4 Å². The van der Waals surface area contributed by atoms with Gasteiger partial charge in [-0.2, -0.15) is 5.10 Å². The standard InChI is InChI=1S/C25H21N5O/c1-17-11-12-19(22-16-30-13-7-6-10-24(30)26-22)14-20(17)27-25(31)23-15-21(28-29(23)2)18-8-4-3-5-9-18/h3-16H,1-2H3,(H,27,31). The molecule has 152 valence electrons. The van der Waals surface area contributed by atoms with Crippen LogP contribution < -0.4 is 5.32 Å². The van der Waals surface area contributed by atoms with E-state index in [0.29, 0.717) is 5.69 Å². The second-order valence-electron chi connectivity index (χ2n) is 7.48. The van der Waals surface area contributed by atoms with Crippen LogP contribution in [0.2, 0.25) is 0 Å². The largest absolute Gasteiger partial charge is 0.320 e. The summed E-state index contributed by atoms with van der Waals surface area (Å²) in [4.78, 5) is 17.7. The predicted molar refractivity (Wildman–Crippen MR) is 122 cm³/mol. The van der Waals surface area contributed by atoms with Crippen LogP contribution in [0.25, 0.3) is 28.2 Å². The number of hydrogen-bond donors (Lipinski definition) is 1. The summed E-state index contributed by atoms with van der Waals surface area (Å²) in [5.41, 5.74) is 6.65. The second kappa shape index (κ2) is 7.57. The van der Waals surface area contributed by atoms with Gasteiger partial charge in [-0.1, -0.05) is 48.5 Å². The summed E-state index contributed by atoms with van der Waals surface area (Å²) in [6.07, 6.45) is 3.95. The summed E-state index contributed by atoms with van der Waals surface area (Å²) in [6, 6.07) is 23.5. The van der Waals surface area contributed by atoms with Gasteiger partial charge in [0.2, 0.25) is 0 Å². The van der Waals surface area contributed by atoms with Gasteiger partial charge in [0, 0.05) is 36.3 Å². The molecule has 0 aliphatic rings. The van der Waals surface area contributed by atoms with Crippen molar-refractivity contribution in [3.63, 3.8) is 0 Å². The number of nitrogens with zero attached hydrogens (tertiary/aromatic N) is 4. The Bertz CT molecular complexity index is 1370. The van der Waals surface area contributed by atoms with E-state index in [1.54, 1.807) is 11.7 Å². The molecule has 1 N–H and O–H groups in total. The van der Waals surface area contributed by atoms with Crippen molar-refractivity contribution in [2.45, 2.75) is 6.92 Å². The average Bonchev–Trinajstić information content (AvgIpc) is 3.39. The summed E-state index contributed by atoms with van der Waals surface area (Å²) in [7, 11) is 1.78. The minimum absolute atomic E-state index is 0.201. The van der Waals surface area contributed by atoms with Crippen LogP contribution in [0.4, 0.5) is 5.69 Å². The van der Waals surface area contributed by atoms with Gasteiger partial charge in [0.15, 0.2) is 0 Å². The van der Waals surface area contributed by atoms with Crippen LogP contribution in [-0.4, -0.2) is 25.1 Å². The number of carbonyl (C=O) groups excluding carboxylic acids is 1. The number of nitrogens with one attached hydrogen (secondary N) is 1. The number of aromatic nitrogens is 4. The summed E-state index contributed by atoms with van der Waals surface area (Å²) in [5.74, 6) is -0.201. The van der Waals surface area contributed by atoms with Crippen LogP contribution in [0.15, 0.2) is 85.2 Å². The molecule has 6 heteroatoms. The van der Waals surface area contributed by atoms with Crippen LogP contribution in [-0.2, 0) is 7.05 Å². The smallest absolute Gasteiger partial charge is 0.273 e. The summed E-state index contributed by atoms with van der Waals surface area (Å²) >= 11 is 0. The van der Waals surface area contributed by atoms with E-state index in [1.165, 1.54) is 0 Å². The highest BCUT2D eigenvalue weighted by Gasteiger charge is 2.16. The van der Waals surface area contributed by atoms with Crippen molar-refractivity contribution >= 4 is 17.2 Å². The lowest BCUT2D eigenvalue weighted by Crippen LogP contribution is -2.16. The summed E-state index contributed by atoms with van der Waals surface area (Å²) in [5, 5.41) is 7.54. The first-order valence-corrected chi connectivity index (χ1v) is 10.0. The highest BCUT2D eigenvalue weighted by molar-refractivity contribution is 6.04.